The van der Waals surface area contributed by atoms with Crippen molar-refractivity contribution in [2.75, 3.05) is 26.0 Å². The molecule has 5 nitrogen and oxygen atoms in total. The molecule has 0 radical (unpaired) electrons. The fraction of sp³-hybridized carbons (Fsp3) is 0.500. The second-order valence-electron chi connectivity index (χ2n) is 4.38. The van der Waals surface area contributed by atoms with Gasteiger partial charge in [0.15, 0.2) is 0 Å². The molecule has 1 rings (SSSR count). The predicted molar refractivity (Wildman–Crippen MR) is 79.5 cm³/mol. The second kappa shape index (κ2) is 6.69. The van der Waals surface area contributed by atoms with Gasteiger partial charge in [-0.15, -0.1) is 0 Å². The lowest BCUT2D eigenvalue weighted by atomic mass is 10.3. The van der Waals surface area contributed by atoms with E-state index in [-0.39, 0.29) is 16.6 Å². The number of sulfonamides is 1. The molecule has 0 aliphatic carbocycles. The van der Waals surface area contributed by atoms with Gasteiger partial charge in [-0.1, -0.05) is 15.9 Å². The van der Waals surface area contributed by atoms with E-state index in [1.807, 2.05) is 13.8 Å². The lowest BCUT2D eigenvalue weighted by Crippen LogP contribution is -2.39. The highest BCUT2D eigenvalue weighted by molar-refractivity contribution is 9.10. The Hall–Kier alpha value is -0.630. The van der Waals surface area contributed by atoms with Gasteiger partial charge in [-0.25, -0.2) is 8.42 Å². The number of hydrogen-bond acceptors (Lipinski definition) is 4. The standard InChI is InChI=1S/C12H19BrN2O3S/c1-9(2)15(6-7-18-3)19(16,17)12-8-10(13)4-5-11(12)14/h4-5,8-9H,6-7,14H2,1-3H3. The van der Waals surface area contributed by atoms with E-state index in [0.717, 1.165) is 0 Å². The van der Waals surface area contributed by atoms with E-state index in [1.54, 1.807) is 19.2 Å². The molecule has 2 N–H and O–H groups in total. The number of nitrogens with zero attached hydrogens (tertiary/aromatic N) is 1. The van der Waals surface area contributed by atoms with Crippen LogP contribution in [0.2, 0.25) is 0 Å². The number of rotatable bonds is 6. The molecule has 0 unspecified atom stereocenters. The Kier molecular flexibility index (Phi) is 5.79. The van der Waals surface area contributed by atoms with Crippen molar-refractivity contribution in [1.29, 1.82) is 0 Å². The Balaban J connectivity index is 3.22. The number of methoxy groups -OCH3 is 1. The summed E-state index contributed by atoms with van der Waals surface area (Å²) in [5.41, 5.74) is 6.03. The van der Waals surface area contributed by atoms with E-state index >= 15 is 0 Å². The van der Waals surface area contributed by atoms with Gasteiger partial charge in [-0.3, -0.25) is 0 Å². The third kappa shape index (κ3) is 3.92. The smallest absolute Gasteiger partial charge is 0.245 e. The summed E-state index contributed by atoms with van der Waals surface area (Å²) < 4.78 is 32.3. The molecule has 0 atom stereocenters. The van der Waals surface area contributed by atoms with Gasteiger partial charge in [0, 0.05) is 24.2 Å². The van der Waals surface area contributed by atoms with E-state index in [9.17, 15) is 8.42 Å². The monoisotopic (exact) mass is 350 g/mol. The molecule has 0 aliphatic rings. The van der Waals surface area contributed by atoms with E-state index < -0.39 is 10.0 Å². The van der Waals surface area contributed by atoms with Crippen molar-refractivity contribution in [3.8, 4) is 0 Å². The number of ether oxygens (including phenoxy) is 1. The number of benzene rings is 1. The summed E-state index contributed by atoms with van der Waals surface area (Å²) >= 11 is 3.26. The van der Waals surface area contributed by atoms with Crippen LogP contribution in [0.3, 0.4) is 0 Å². The van der Waals surface area contributed by atoms with Gasteiger partial charge in [-0.05, 0) is 32.0 Å². The molecule has 0 fully saturated rings. The number of halogens is 1. The quantitative estimate of drug-likeness (QED) is 0.797. The SMILES string of the molecule is COCCN(C(C)C)S(=O)(=O)c1cc(Br)ccc1N. The van der Waals surface area contributed by atoms with Gasteiger partial charge < -0.3 is 10.5 Å². The lowest BCUT2D eigenvalue weighted by Gasteiger charge is -2.26. The van der Waals surface area contributed by atoms with Gasteiger partial charge >= 0.3 is 0 Å². The summed E-state index contributed by atoms with van der Waals surface area (Å²) in [6, 6.07) is 4.64. The first-order valence-electron chi connectivity index (χ1n) is 5.86. The molecule has 0 aromatic heterocycles. The molecular weight excluding hydrogens is 332 g/mol. The number of hydrogen-bond donors (Lipinski definition) is 1. The van der Waals surface area contributed by atoms with Gasteiger partial charge in [0.1, 0.15) is 4.90 Å². The van der Waals surface area contributed by atoms with E-state index in [0.29, 0.717) is 17.6 Å². The second-order valence-corrected chi connectivity index (χ2v) is 7.16. The summed E-state index contributed by atoms with van der Waals surface area (Å²) in [4.78, 5) is 0.117. The average molecular weight is 351 g/mol. The van der Waals surface area contributed by atoms with Crippen LogP contribution < -0.4 is 5.73 Å². The zero-order valence-electron chi connectivity index (χ0n) is 11.3. The summed E-state index contributed by atoms with van der Waals surface area (Å²) in [6.45, 7) is 4.27. The number of nitrogen functional groups attached to an aromatic ring is 1. The summed E-state index contributed by atoms with van der Waals surface area (Å²) in [6.07, 6.45) is 0. The van der Waals surface area contributed by atoms with Crippen molar-refractivity contribution in [1.82, 2.24) is 4.31 Å². The molecule has 7 heteroatoms. The summed E-state index contributed by atoms with van der Waals surface area (Å²) in [7, 11) is -2.09. The van der Waals surface area contributed by atoms with Crippen LogP contribution in [0.25, 0.3) is 0 Å². The molecule has 0 saturated heterocycles. The first-order chi connectivity index (χ1) is 8.80. The molecule has 1 aromatic carbocycles. The van der Waals surface area contributed by atoms with Crippen molar-refractivity contribution in [2.24, 2.45) is 0 Å². The van der Waals surface area contributed by atoms with E-state index in [1.165, 1.54) is 10.4 Å². The highest BCUT2D eigenvalue weighted by Crippen LogP contribution is 2.27. The van der Waals surface area contributed by atoms with Crippen LogP contribution in [0, 0.1) is 0 Å². The Morgan fingerprint density at radius 3 is 2.58 bits per heavy atom. The number of nitrogens with two attached hydrogens (primary N) is 1. The van der Waals surface area contributed by atoms with Gasteiger partial charge in [0.25, 0.3) is 0 Å². The van der Waals surface area contributed by atoms with Crippen LogP contribution in [0.4, 0.5) is 5.69 Å². The van der Waals surface area contributed by atoms with E-state index in [4.69, 9.17) is 10.5 Å². The molecule has 108 valence electrons. The minimum Gasteiger partial charge on any atom is -0.398 e. The third-order valence-corrected chi connectivity index (χ3v) is 5.28. The maximum Gasteiger partial charge on any atom is 0.245 e. The average Bonchev–Trinajstić information content (AvgIpc) is 2.32. The van der Waals surface area contributed by atoms with Crippen molar-refractivity contribution in [3.05, 3.63) is 22.7 Å². The van der Waals surface area contributed by atoms with Crippen molar-refractivity contribution >= 4 is 31.6 Å². The summed E-state index contributed by atoms with van der Waals surface area (Å²) in [5.74, 6) is 0. The molecule has 0 spiro atoms. The Labute approximate surface area is 122 Å². The molecular formula is C12H19BrN2O3S. The first-order valence-corrected chi connectivity index (χ1v) is 8.09. The fourth-order valence-corrected chi connectivity index (χ4v) is 3.97. The lowest BCUT2D eigenvalue weighted by molar-refractivity contribution is 0.171. The normalized spacial score (nSPS) is 12.3. The highest BCUT2D eigenvalue weighted by Gasteiger charge is 2.28. The topological polar surface area (TPSA) is 72.6 Å². The highest BCUT2D eigenvalue weighted by atomic mass is 79.9. The van der Waals surface area contributed by atoms with Gasteiger partial charge in [0.2, 0.25) is 10.0 Å². The molecule has 0 heterocycles. The minimum atomic E-state index is -3.63. The first kappa shape index (κ1) is 16.4. The predicted octanol–water partition coefficient (Wildman–Crippen LogP) is 2.08. The van der Waals surface area contributed by atoms with Crippen LogP contribution in [0.5, 0.6) is 0 Å². The molecule has 1 aromatic rings. The van der Waals surface area contributed by atoms with Crippen LogP contribution in [0.1, 0.15) is 13.8 Å². The van der Waals surface area contributed by atoms with Gasteiger partial charge in [0.05, 0.1) is 12.3 Å². The maximum atomic E-state index is 12.6. The van der Waals surface area contributed by atoms with Crippen molar-refractivity contribution in [3.63, 3.8) is 0 Å². The Morgan fingerprint density at radius 2 is 2.05 bits per heavy atom. The van der Waals surface area contributed by atoms with E-state index in [2.05, 4.69) is 15.9 Å². The van der Waals surface area contributed by atoms with Gasteiger partial charge in [-0.2, -0.15) is 4.31 Å². The van der Waals surface area contributed by atoms with Crippen LogP contribution in [-0.2, 0) is 14.8 Å². The van der Waals surface area contributed by atoms with Crippen molar-refractivity contribution < 1.29 is 13.2 Å². The molecule has 0 saturated carbocycles. The third-order valence-electron chi connectivity index (χ3n) is 2.65. The molecule has 0 amide bonds. The number of anilines is 1. The zero-order valence-corrected chi connectivity index (χ0v) is 13.7. The Morgan fingerprint density at radius 1 is 1.42 bits per heavy atom. The zero-order chi connectivity index (χ0) is 14.6. The summed E-state index contributed by atoms with van der Waals surface area (Å²) in [5, 5.41) is 0. The maximum absolute atomic E-state index is 12.6. The largest absolute Gasteiger partial charge is 0.398 e. The minimum absolute atomic E-state index is 0.117. The van der Waals surface area contributed by atoms with Crippen LogP contribution in [-0.4, -0.2) is 39.0 Å². The van der Waals surface area contributed by atoms with Crippen molar-refractivity contribution in [2.45, 2.75) is 24.8 Å². The van der Waals surface area contributed by atoms with Crippen LogP contribution in [0.15, 0.2) is 27.6 Å². The fourth-order valence-electron chi connectivity index (χ4n) is 1.70. The Bertz CT molecular complexity index is 532. The molecule has 0 aliphatic heterocycles. The molecule has 0 bridgehead atoms. The molecule has 19 heavy (non-hydrogen) atoms. The van der Waals surface area contributed by atoms with Crippen LogP contribution >= 0.6 is 15.9 Å².